The van der Waals surface area contributed by atoms with Crippen molar-refractivity contribution in [3.8, 4) is 0 Å². The Bertz CT molecular complexity index is 192. The predicted molar refractivity (Wildman–Crippen MR) is 66.9 cm³/mol. The van der Waals surface area contributed by atoms with E-state index in [0.29, 0.717) is 6.42 Å². The van der Waals surface area contributed by atoms with Gasteiger partial charge in [0.1, 0.15) is 0 Å². The molecule has 0 aromatic heterocycles. The van der Waals surface area contributed by atoms with E-state index >= 15 is 0 Å². The summed E-state index contributed by atoms with van der Waals surface area (Å²) in [6.07, 6.45) is 6.86. The van der Waals surface area contributed by atoms with E-state index in [9.17, 15) is 9.90 Å². The zero-order valence-corrected chi connectivity index (χ0v) is 10.8. The first-order valence-corrected chi connectivity index (χ1v) is 6.60. The number of aliphatic hydroxyl groups is 2. The summed E-state index contributed by atoms with van der Waals surface area (Å²) in [6.45, 7) is 1.81. The Morgan fingerprint density at radius 2 is 1.41 bits per heavy atom. The summed E-state index contributed by atoms with van der Waals surface area (Å²) < 4.78 is 0. The van der Waals surface area contributed by atoms with Crippen LogP contribution in [0.15, 0.2) is 0 Å². The molecule has 0 aliphatic heterocycles. The number of hydrogen-bond donors (Lipinski definition) is 3. The molecule has 17 heavy (non-hydrogen) atoms. The molecule has 4 nitrogen and oxygen atoms in total. The molecule has 0 aromatic rings. The molecule has 0 saturated carbocycles. The molecule has 0 heterocycles. The summed E-state index contributed by atoms with van der Waals surface area (Å²) in [5, 5.41) is 26.8. The van der Waals surface area contributed by atoms with Crippen LogP contribution in [0.4, 0.5) is 0 Å². The molecule has 0 saturated heterocycles. The van der Waals surface area contributed by atoms with E-state index in [4.69, 9.17) is 10.2 Å². The van der Waals surface area contributed by atoms with Crippen molar-refractivity contribution in [3.05, 3.63) is 0 Å². The van der Waals surface area contributed by atoms with Crippen molar-refractivity contribution in [2.45, 2.75) is 76.9 Å². The Morgan fingerprint density at radius 1 is 0.941 bits per heavy atom. The van der Waals surface area contributed by atoms with Gasteiger partial charge in [-0.25, -0.2) is 0 Å². The van der Waals surface area contributed by atoms with E-state index < -0.39 is 12.1 Å². The molecule has 0 bridgehead atoms. The van der Waals surface area contributed by atoms with Gasteiger partial charge in [0, 0.05) is 0 Å². The highest BCUT2D eigenvalue weighted by Gasteiger charge is 2.08. The Hall–Kier alpha value is -0.610. The van der Waals surface area contributed by atoms with Crippen LogP contribution in [0.5, 0.6) is 0 Å². The highest BCUT2D eigenvalue weighted by atomic mass is 16.4. The van der Waals surface area contributed by atoms with Gasteiger partial charge < -0.3 is 15.3 Å². The minimum Gasteiger partial charge on any atom is -0.481 e. The molecular formula is C13H26O4. The molecule has 0 rings (SSSR count). The summed E-state index contributed by atoms with van der Waals surface area (Å²) in [5.41, 5.74) is 0. The van der Waals surface area contributed by atoms with Crippen LogP contribution in [0.25, 0.3) is 0 Å². The van der Waals surface area contributed by atoms with Gasteiger partial charge in [0.2, 0.25) is 0 Å². The van der Waals surface area contributed by atoms with Crippen molar-refractivity contribution in [1.29, 1.82) is 0 Å². The molecule has 0 aliphatic rings. The summed E-state index contributed by atoms with van der Waals surface area (Å²) in [4.78, 5) is 10.3. The second kappa shape index (κ2) is 10.5. The molecule has 0 spiro atoms. The van der Waals surface area contributed by atoms with Gasteiger partial charge in [0.05, 0.1) is 18.6 Å². The fourth-order valence-electron chi connectivity index (χ4n) is 1.83. The quantitative estimate of drug-likeness (QED) is 0.489. The second-order valence-corrected chi connectivity index (χ2v) is 4.80. The number of hydrogen-bond acceptors (Lipinski definition) is 3. The van der Waals surface area contributed by atoms with Gasteiger partial charge in [-0.1, -0.05) is 38.5 Å². The van der Waals surface area contributed by atoms with Gasteiger partial charge in [-0.05, 0) is 19.8 Å². The van der Waals surface area contributed by atoms with Crippen LogP contribution in [0.1, 0.15) is 64.7 Å². The lowest BCUT2D eigenvalue weighted by atomic mass is 10.0. The highest BCUT2D eigenvalue weighted by molar-refractivity contribution is 5.67. The van der Waals surface area contributed by atoms with Gasteiger partial charge in [-0.15, -0.1) is 0 Å². The standard InChI is InChI=1S/C13H26O4/c1-11(14)8-6-4-2-3-5-7-9-12(15)10-13(16)17/h11-12,14-15H,2-10H2,1H3,(H,16,17)/t11-,12-/m1/s1. The van der Waals surface area contributed by atoms with Crippen molar-refractivity contribution in [2.24, 2.45) is 0 Å². The zero-order chi connectivity index (χ0) is 13.1. The van der Waals surface area contributed by atoms with E-state index in [0.717, 1.165) is 44.9 Å². The maximum Gasteiger partial charge on any atom is 0.305 e. The molecule has 0 aromatic carbocycles. The Labute approximate surface area is 104 Å². The van der Waals surface area contributed by atoms with Crippen LogP contribution < -0.4 is 0 Å². The van der Waals surface area contributed by atoms with Crippen LogP contribution in [0.3, 0.4) is 0 Å². The average molecular weight is 246 g/mol. The first-order valence-electron chi connectivity index (χ1n) is 6.60. The first kappa shape index (κ1) is 16.4. The summed E-state index contributed by atoms with van der Waals surface area (Å²) in [6, 6.07) is 0. The third kappa shape index (κ3) is 13.3. The number of carboxylic acids is 1. The lowest BCUT2D eigenvalue weighted by Crippen LogP contribution is -2.12. The third-order valence-electron chi connectivity index (χ3n) is 2.82. The molecule has 0 fully saturated rings. The Morgan fingerprint density at radius 3 is 1.88 bits per heavy atom. The molecule has 3 N–H and O–H groups in total. The minimum absolute atomic E-state index is 0.144. The predicted octanol–water partition coefficient (Wildman–Crippen LogP) is 2.32. The number of rotatable bonds is 11. The van der Waals surface area contributed by atoms with Crippen LogP contribution >= 0.6 is 0 Å². The van der Waals surface area contributed by atoms with E-state index in [1.54, 1.807) is 0 Å². The maximum absolute atomic E-state index is 10.3. The molecular weight excluding hydrogens is 220 g/mol. The minimum atomic E-state index is -0.935. The molecule has 2 atom stereocenters. The van der Waals surface area contributed by atoms with Gasteiger partial charge in [0.15, 0.2) is 0 Å². The first-order chi connectivity index (χ1) is 8.02. The number of carbonyl (C=O) groups is 1. The smallest absolute Gasteiger partial charge is 0.305 e. The SMILES string of the molecule is C[C@@H](O)CCCCCCCC[C@@H](O)CC(=O)O. The van der Waals surface area contributed by atoms with E-state index in [1.807, 2.05) is 6.92 Å². The van der Waals surface area contributed by atoms with Crippen LogP contribution in [0, 0.1) is 0 Å². The van der Waals surface area contributed by atoms with Gasteiger partial charge >= 0.3 is 5.97 Å². The zero-order valence-electron chi connectivity index (χ0n) is 10.8. The summed E-state index contributed by atoms with van der Waals surface area (Å²) in [5.74, 6) is -0.935. The number of unbranched alkanes of at least 4 members (excludes halogenated alkanes) is 5. The summed E-state index contributed by atoms with van der Waals surface area (Å²) in [7, 11) is 0. The maximum atomic E-state index is 10.3. The van der Waals surface area contributed by atoms with Crippen molar-refractivity contribution >= 4 is 5.97 Å². The molecule has 4 heteroatoms. The van der Waals surface area contributed by atoms with E-state index in [-0.39, 0.29) is 12.5 Å². The van der Waals surface area contributed by atoms with Gasteiger partial charge in [-0.2, -0.15) is 0 Å². The molecule has 0 aliphatic carbocycles. The monoisotopic (exact) mass is 246 g/mol. The fraction of sp³-hybridized carbons (Fsp3) is 0.923. The van der Waals surface area contributed by atoms with Crippen molar-refractivity contribution in [1.82, 2.24) is 0 Å². The topological polar surface area (TPSA) is 77.8 Å². The largest absolute Gasteiger partial charge is 0.481 e. The van der Waals surface area contributed by atoms with E-state index in [1.165, 1.54) is 0 Å². The van der Waals surface area contributed by atoms with Crippen LogP contribution in [-0.4, -0.2) is 33.5 Å². The normalized spacial score (nSPS) is 14.5. The van der Waals surface area contributed by atoms with Crippen molar-refractivity contribution < 1.29 is 20.1 Å². The molecule has 0 unspecified atom stereocenters. The molecule has 0 amide bonds. The fourth-order valence-corrected chi connectivity index (χ4v) is 1.83. The van der Waals surface area contributed by atoms with Crippen LogP contribution in [-0.2, 0) is 4.79 Å². The lowest BCUT2D eigenvalue weighted by molar-refractivity contribution is -0.139. The van der Waals surface area contributed by atoms with E-state index in [2.05, 4.69) is 0 Å². The average Bonchev–Trinajstić information content (AvgIpc) is 2.20. The number of aliphatic carboxylic acids is 1. The van der Waals surface area contributed by atoms with Gasteiger partial charge in [-0.3, -0.25) is 4.79 Å². The number of aliphatic hydroxyl groups excluding tert-OH is 2. The van der Waals surface area contributed by atoms with Crippen molar-refractivity contribution in [3.63, 3.8) is 0 Å². The molecule has 102 valence electrons. The highest BCUT2D eigenvalue weighted by Crippen LogP contribution is 2.11. The second-order valence-electron chi connectivity index (χ2n) is 4.80. The third-order valence-corrected chi connectivity index (χ3v) is 2.82. The number of carboxylic acid groups (broad SMARTS) is 1. The Balaban J connectivity index is 3.15. The molecule has 0 radical (unpaired) electrons. The lowest BCUT2D eigenvalue weighted by Gasteiger charge is -2.07. The Kier molecular flexibility index (Phi) is 10.2. The summed E-state index contributed by atoms with van der Waals surface area (Å²) >= 11 is 0. The van der Waals surface area contributed by atoms with Crippen LogP contribution in [0.2, 0.25) is 0 Å². The van der Waals surface area contributed by atoms with Crippen molar-refractivity contribution in [2.75, 3.05) is 0 Å². The van der Waals surface area contributed by atoms with Gasteiger partial charge in [0.25, 0.3) is 0 Å².